The average molecular weight is 318 g/mol. The van der Waals surface area contributed by atoms with Gasteiger partial charge in [0.2, 0.25) is 0 Å². The predicted octanol–water partition coefficient (Wildman–Crippen LogP) is 0.958. The second-order valence-electron chi connectivity index (χ2n) is 6.60. The molecule has 23 heavy (non-hydrogen) atoms. The first-order chi connectivity index (χ1) is 11.2. The fourth-order valence-corrected chi connectivity index (χ4v) is 3.20. The van der Waals surface area contributed by atoms with E-state index < -0.39 is 0 Å². The van der Waals surface area contributed by atoms with Crippen LogP contribution in [0.2, 0.25) is 0 Å². The molecule has 0 bridgehead atoms. The normalized spacial score (nSPS) is 22.3. The number of carbonyl (C=O) groups excluding carboxylic acids is 1. The Labute approximate surface area is 137 Å². The van der Waals surface area contributed by atoms with Crippen molar-refractivity contribution in [2.45, 2.75) is 38.6 Å². The molecule has 6 nitrogen and oxygen atoms in total. The summed E-state index contributed by atoms with van der Waals surface area (Å²) in [6.07, 6.45) is 7.41. The van der Waals surface area contributed by atoms with Gasteiger partial charge in [-0.2, -0.15) is 0 Å². The molecule has 1 aromatic rings. The maximum atomic E-state index is 12.7. The van der Waals surface area contributed by atoms with Crippen molar-refractivity contribution < 1.29 is 9.90 Å². The first-order valence-corrected chi connectivity index (χ1v) is 8.66. The van der Waals surface area contributed by atoms with Gasteiger partial charge >= 0.3 is 0 Å². The average Bonchev–Trinajstić information content (AvgIpc) is 3.40. The molecule has 1 aromatic heterocycles. The Morgan fingerprint density at radius 2 is 2.04 bits per heavy atom. The number of aliphatic hydroxyl groups excluding tert-OH is 1. The van der Waals surface area contributed by atoms with Crippen LogP contribution in [0, 0.1) is 5.92 Å². The minimum atomic E-state index is 0.00154. The van der Waals surface area contributed by atoms with Crippen molar-refractivity contribution in [1.82, 2.24) is 19.8 Å². The molecule has 0 spiro atoms. The van der Waals surface area contributed by atoms with E-state index in [1.54, 1.807) is 12.4 Å². The molecule has 1 saturated heterocycles. The predicted molar refractivity (Wildman–Crippen MR) is 87.1 cm³/mol. The summed E-state index contributed by atoms with van der Waals surface area (Å²) in [6, 6.07) is 0.258. The Hall–Kier alpha value is -1.53. The molecular formula is C17H26N4O2. The summed E-state index contributed by atoms with van der Waals surface area (Å²) in [5, 5.41) is 9.34. The van der Waals surface area contributed by atoms with Gasteiger partial charge in [0, 0.05) is 57.6 Å². The van der Waals surface area contributed by atoms with E-state index in [1.165, 1.54) is 12.8 Å². The highest BCUT2D eigenvalue weighted by atomic mass is 16.3. The molecule has 1 aliphatic heterocycles. The molecule has 2 heterocycles. The van der Waals surface area contributed by atoms with Crippen LogP contribution in [-0.2, 0) is 6.42 Å². The third-order valence-electron chi connectivity index (χ3n) is 4.81. The zero-order valence-electron chi connectivity index (χ0n) is 13.8. The van der Waals surface area contributed by atoms with Crippen LogP contribution in [0.1, 0.15) is 42.4 Å². The Morgan fingerprint density at radius 3 is 2.65 bits per heavy atom. The topological polar surface area (TPSA) is 69.6 Å². The number of nitrogens with zero attached hydrogens (tertiary/aromatic N) is 4. The van der Waals surface area contributed by atoms with E-state index in [4.69, 9.17) is 0 Å². The summed E-state index contributed by atoms with van der Waals surface area (Å²) in [6.45, 7) is 5.59. The molecule has 126 valence electrons. The number of hydrogen-bond acceptors (Lipinski definition) is 5. The molecule has 1 N–H and O–H groups in total. The number of rotatable bonds is 6. The molecule has 2 fully saturated rings. The second-order valence-corrected chi connectivity index (χ2v) is 6.60. The fraction of sp³-hybridized carbons (Fsp3) is 0.706. The molecule has 1 atom stereocenters. The molecule has 2 aliphatic rings. The Bertz CT molecular complexity index is 530. The number of amides is 1. The van der Waals surface area contributed by atoms with E-state index in [0.717, 1.165) is 44.2 Å². The van der Waals surface area contributed by atoms with E-state index >= 15 is 0 Å². The first-order valence-electron chi connectivity index (χ1n) is 8.66. The molecule has 3 rings (SSSR count). The molecule has 1 amide bonds. The van der Waals surface area contributed by atoms with Crippen LogP contribution in [0.25, 0.3) is 0 Å². The number of aryl methyl sites for hydroxylation is 1. The van der Waals surface area contributed by atoms with Crippen molar-refractivity contribution >= 4 is 5.91 Å². The maximum Gasteiger partial charge on any atom is 0.257 e. The lowest BCUT2D eigenvalue weighted by molar-refractivity contribution is 0.0406. The Balaban J connectivity index is 1.63. The van der Waals surface area contributed by atoms with E-state index in [9.17, 15) is 9.90 Å². The Morgan fingerprint density at radius 1 is 1.30 bits per heavy atom. The van der Waals surface area contributed by atoms with Gasteiger partial charge < -0.3 is 10.0 Å². The third kappa shape index (κ3) is 4.06. The minimum Gasteiger partial charge on any atom is -0.396 e. The molecule has 0 aromatic carbocycles. The van der Waals surface area contributed by atoms with E-state index in [1.807, 2.05) is 11.8 Å². The van der Waals surface area contributed by atoms with Gasteiger partial charge in [-0.15, -0.1) is 0 Å². The van der Waals surface area contributed by atoms with E-state index in [-0.39, 0.29) is 18.6 Å². The van der Waals surface area contributed by atoms with Crippen LogP contribution in [0.3, 0.4) is 0 Å². The third-order valence-corrected chi connectivity index (χ3v) is 4.81. The monoisotopic (exact) mass is 318 g/mol. The molecule has 1 saturated carbocycles. The molecular weight excluding hydrogens is 292 g/mol. The van der Waals surface area contributed by atoms with Crippen molar-refractivity contribution in [2.75, 3.05) is 32.8 Å². The highest BCUT2D eigenvalue weighted by molar-refractivity contribution is 5.93. The SMILES string of the molecule is CCc1ncc(C(=O)N2CCN(CC3CC3)[C@@H](CCO)C2)cn1. The van der Waals surface area contributed by atoms with Gasteiger partial charge in [0.1, 0.15) is 5.82 Å². The summed E-state index contributed by atoms with van der Waals surface area (Å²) in [4.78, 5) is 25.4. The largest absolute Gasteiger partial charge is 0.396 e. The molecule has 6 heteroatoms. The lowest BCUT2D eigenvalue weighted by Crippen LogP contribution is -2.55. The van der Waals surface area contributed by atoms with Crippen LogP contribution in [0.5, 0.6) is 0 Å². The van der Waals surface area contributed by atoms with Crippen molar-refractivity contribution in [1.29, 1.82) is 0 Å². The maximum absolute atomic E-state index is 12.7. The fourth-order valence-electron chi connectivity index (χ4n) is 3.20. The van der Waals surface area contributed by atoms with Gasteiger partial charge in [-0.25, -0.2) is 9.97 Å². The summed E-state index contributed by atoms with van der Waals surface area (Å²) in [5.74, 6) is 1.59. The van der Waals surface area contributed by atoms with Crippen molar-refractivity contribution in [3.05, 3.63) is 23.8 Å². The molecule has 0 unspecified atom stereocenters. The van der Waals surface area contributed by atoms with E-state index in [0.29, 0.717) is 12.1 Å². The zero-order valence-corrected chi connectivity index (χ0v) is 13.8. The quantitative estimate of drug-likeness (QED) is 0.846. The van der Waals surface area contributed by atoms with Crippen LogP contribution >= 0.6 is 0 Å². The highest BCUT2D eigenvalue weighted by Gasteiger charge is 2.33. The first kappa shape index (κ1) is 16.3. The van der Waals surface area contributed by atoms with Gasteiger partial charge in [-0.3, -0.25) is 9.69 Å². The lowest BCUT2D eigenvalue weighted by atomic mass is 10.1. The molecule has 1 aliphatic carbocycles. The lowest BCUT2D eigenvalue weighted by Gasteiger charge is -2.41. The zero-order chi connectivity index (χ0) is 16.2. The van der Waals surface area contributed by atoms with Crippen LogP contribution in [-0.4, -0.2) is 69.6 Å². The standard InChI is InChI=1S/C17H26N4O2/c1-2-16-18-9-14(10-19-16)17(23)21-7-6-20(11-13-3-4-13)15(12-21)5-8-22/h9-10,13,15,22H,2-8,11-12H2,1H3/t15-/m0/s1. The number of carbonyl (C=O) groups is 1. The van der Waals surface area contributed by atoms with Crippen molar-refractivity contribution in [2.24, 2.45) is 5.92 Å². The number of aliphatic hydroxyl groups is 1. The van der Waals surface area contributed by atoms with Crippen molar-refractivity contribution in [3.8, 4) is 0 Å². The summed E-state index contributed by atoms with van der Waals surface area (Å²) in [5.41, 5.74) is 0.556. The number of hydrogen-bond donors (Lipinski definition) is 1. The van der Waals surface area contributed by atoms with Gasteiger partial charge in [0.15, 0.2) is 0 Å². The highest BCUT2D eigenvalue weighted by Crippen LogP contribution is 2.31. The number of piperazine rings is 1. The van der Waals surface area contributed by atoms with E-state index in [2.05, 4.69) is 14.9 Å². The van der Waals surface area contributed by atoms with Gasteiger partial charge in [0.25, 0.3) is 5.91 Å². The minimum absolute atomic E-state index is 0.00154. The van der Waals surface area contributed by atoms with Crippen molar-refractivity contribution in [3.63, 3.8) is 0 Å². The summed E-state index contributed by atoms with van der Waals surface area (Å²) < 4.78 is 0. The Kier molecular flexibility index (Phi) is 5.23. The van der Waals surface area contributed by atoms with Gasteiger partial charge in [0.05, 0.1) is 5.56 Å². The summed E-state index contributed by atoms with van der Waals surface area (Å²) >= 11 is 0. The number of aromatic nitrogens is 2. The van der Waals surface area contributed by atoms with Crippen LogP contribution < -0.4 is 0 Å². The van der Waals surface area contributed by atoms with Gasteiger partial charge in [-0.05, 0) is 25.2 Å². The smallest absolute Gasteiger partial charge is 0.257 e. The molecule has 0 radical (unpaired) electrons. The van der Waals surface area contributed by atoms with Crippen LogP contribution in [0.15, 0.2) is 12.4 Å². The van der Waals surface area contributed by atoms with Gasteiger partial charge in [-0.1, -0.05) is 6.92 Å². The second kappa shape index (κ2) is 7.36. The summed E-state index contributed by atoms with van der Waals surface area (Å²) in [7, 11) is 0. The van der Waals surface area contributed by atoms with Crippen LogP contribution in [0.4, 0.5) is 0 Å².